The van der Waals surface area contributed by atoms with Crippen LogP contribution < -0.4 is 9.47 Å². The van der Waals surface area contributed by atoms with Gasteiger partial charge in [-0.3, -0.25) is 0 Å². The maximum Gasteiger partial charge on any atom is 0.346 e. The van der Waals surface area contributed by atoms with E-state index in [-0.39, 0.29) is 0 Å². The lowest BCUT2D eigenvalue weighted by atomic mass is 10.3. The number of pyridine rings is 1. The minimum absolute atomic E-state index is 0.307. The van der Waals surface area contributed by atoms with Crippen molar-refractivity contribution >= 4 is 33.5 Å². The zero-order valence-electron chi connectivity index (χ0n) is 11.9. The first kappa shape index (κ1) is 16.6. The van der Waals surface area contributed by atoms with E-state index < -0.39 is 12.1 Å². The van der Waals surface area contributed by atoms with Gasteiger partial charge in [-0.25, -0.2) is 9.78 Å². The van der Waals surface area contributed by atoms with Gasteiger partial charge in [0.1, 0.15) is 16.5 Å². The molecule has 0 saturated carbocycles. The summed E-state index contributed by atoms with van der Waals surface area (Å²) in [6, 6.07) is 8.45. The summed E-state index contributed by atoms with van der Waals surface area (Å²) in [4.78, 5) is 15.4. The molecule has 0 radical (unpaired) electrons. The van der Waals surface area contributed by atoms with Crippen LogP contribution in [0.5, 0.6) is 17.4 Å². The Hall–Kier alpha value is -1.79. The summed E-state index contributed by atoms with van der Waals surface area (Å²) in [5.74, 6) is 0.947. The number of ether oxygens (including phenoxy) is 3. The molecule has 2 rings (SSSR count). The Kier molecular flexibility index (Phi) is 5.63. The highest BCUT2D eigenvalue weighted by Gasteiger charge is 2.14. The number of nitrogens with zero attached hydrogens (tertiary/aromatic N) is 1. The smallest absolute Gasteiger partial charge is 0.346 e. The summed E-state index contributed by atoms with van der Waals surface area (Å²) < 4.78 is 16.4. The molecule has 0 amide bonds. The molecule has 7 heteroatoms. The monoisotopic (exact) mass is 385 g/mol. The van der Waals surface area contributed by atoms with Crippen LogP contribution >= 0.6 is 27.5 Å². The average molecular weight is 387 g/mol. The highest BCUT2D eigenvalue weighted by Crippen LogP contribution is 2.30. The standard InChI is InChI=1S/C15H13BrClNO4/c1-9(15(19)20-2)21-11-3-5-12(6-4-11)22-14-13(17)7-10(16)8-18-14/h3-9H,1-2H3/t9-/m1/s1. The predicted octanol–water partition coefficient (Wildman–Crippen LogP) is 4.23. The second kappa shape index (κ2) is 7.47. The number of benzene rings is 1. The number of carbonyl (C=O) groups excluding carboxylic acids is 1. The first-order chi connectivity index (χ1) is 10.5. The maximum atomic E-state index is 11.3. The number of hydrogen-bond donors (Lipinski definition) is 0. The summed E-state index contributed by atoms with van der Waals surface area (Å²) in [5.41, 5.74) is 0. The van der Waals surface area contributed by atoms with E-state index in [1.807, 2.05) is 0 Å². The van der Waals surface area contributed by atoms with Crippen molar-refractivity contribution in [3.05, 3.63) is 46.0 Å². The Morgan fingerprint density at radius 2 is 1.91 bits per heavy atom. The molecule has 1 aromatic carbocycles. The van der Waals surface area contributed by atoms with Crippen LogP contribution in [0, 0.1) is 0 Å². The van der Waals surface area contributed by atoms with Crippen molar-refractivity contribution in [1.29, 1.82) is 0 Å². The number of carbonyl (C=O) groups is 1. The minimum Gasteiger partial charge on any atom is -0.479 e. The first-order valence-corrected chi connectivity index (χ1v) is 7.50. The predicted molar refractivity (Wildman–Crippen MR) is 85.6 cm³/mol. The molecule has 5 nitrogen and oxygen atoms in total. The van der Waals surface area contributed by atoms with Gasteiger partial charge in [0, 0.05) is 10.7 Å². The van der Waals surface area contributed by atoms with E-state index in [1.54, 1.807) is 43.5 Å². The molecule has 0 bridgehead atoms. The molecule has 0 fully saturated rings. The highest BCUT2D eigenvalue weighted by molar-refractivity contribution is 9.10. The first-order valence-electron chi connectivity index (χ1n) is 6.33. The summed E-state index contributed by atoms with van der Waals surface area (Å²) in [6.07, 6.45) is 0.913. The number of esters is 1. The molecule has 0 aliphatic carbocycles. The van der Waals surface area contributed by atoms with Crippen LogP contribution in [0.4, 0.5) is 0 Å². The Morgan fingerprint density at radius 1 is 1.27 bits per heavy atom. The van der Waals surface area contributed by atoms with E-state index in [1.165, 1.54) is 7.11 Å². The summed E-state index contributed by atoms with van der Waals surface area (Å²) in [6.45, 7) is 1.61. The summed E-state index contributed by atoms with van der Waals surface area (Å²) >= 11 is 9.31. The molecule has 22 heavy (non-hydrogen) atoms. The average Bonchev–Trinajstić information content (AvgIpc) is 2.51. The largest absolute Gasteiger partial charge is 0.479 e. The number of hydrogen-bond acceptors (Lipinski definition) is 5. The van der Waals surface area contributed by atoms with Crippen LogP contribution in [0.3, 0.4) is 0 Å². The van der Waals surface area contributed by atoms with Crippen molar-refractivity contribution in [1.82, 2.24) is 4.98 Å². The Labute approximate surface area is 141 Å². The lowest BCUT2D eigenvalue weighted by molar-refractivity contribution is -0.147. The van der Waals surface area contributed by atoms with Gasteiger partial charge in [-0.1, -0.05) is 11.6 Å². The zero-order chi connectivity index (χ0) is 16.1. The van der Waals surface area contributed by atoms with Crippen LogP contribution in [0.1, 0.15) is 6.92 Å². The molecular weight excluding hydrogens is 374 g/mol. The SMILES string of the molecule is COC(=O)[C@@H](C)Oc1ccc(Oc2ncc(Br)cc2Cl)cc1. The molecule has 2 aromatic rings. The quantitative estimate of drug-likeness (QED) is 0.720. The van der Waals surface area contributed by atoms with Gasteiger partial charge in [0.05, 0.1) is 7.11 Å². The molecule has 0 saturated heterocycles. The molecule has 0 unspecified atom stereocenters. The Morgan fingerprint density at radius 3 is 2.50 bits per heavy atom. The van der Waals surface area contributed by atoms with Crippen molar-refractivity contribution < 1.29 is 19.0 Å². The van der Waals surface area contributed by atoms with E-state index in [0.29, 0.717) is 22.4 Å². The number of rotatable bonds is 5. The maximum absolute atomic E-state index is 11.3. The fourth-order valence-corrected chi connectivity index (χ4v) is 2.26. The molecule has 1 atom stereocenters. The fraction of sp³-hybridized carbons (Fsp3) is 0.200. The molecule has 0 N–H and O–H groups in total. The molecule has 0 aliphatic heterocycles. The van der Waals surface area contributed by atoms with Gasteiger partial charge in [-0.15, -0.1) is 0 Å². The normalized spacial score (nSPS) is 11.6. The lowest BCUT2D eigenvalue weighted by Crippen LogP contribution is -2.24. The van der Waals surface area contributed by atoms with Crippen LogP contribution in [0.15, 0.2) is 41.0 Å². The fourth-order valence-electron chi connectivity index (χ4n) is 1.59. The van der Waals surface area contributed by atoms with Crippen LogP contribution in [0.25, 0.3) is 0 Å². The third-order valence-electron chi connectivity index (χ3n) is 2.66. The van der Waals surface area contributed by atoms with Crippen LogP contribution in [-0.4, -0.2) is 24.2 Å². The molecule has 116 valence electrons. The highest BCUT2D eigenvalue weighted by atomic mass is 79.9. The van der Waals surface area contributed by atoms with Gasteiger partial charge >= 0.3 is 5.97 Å². The Bertz CT molecular complexity index is 663. The molecular formula is C15H13BrClNO4. The third-order valence-corrected chi connectivity index (χ3v) is 3.36. The van der Waals surface area contributed by atoms with Crippen molar-refractivity contribution in [2.45, 2.75) is 13.0 Å². The van der Waals surface area contributed by atoms with Crippen LogP contribution in [0.2, 0.25) is 5.02 Å². The number of halogens is 2. The second-order valence-corrected chi connectivity index (χ2v) is 5.62. The third kappa shape index (κ3) is 4.35. The van der Waals surface area contributed by atoms with Crippen molar-refractivity contribution in [3.8, 4) is 17.4 Å². The van der Waals surface area contributed by atoms with E-state index in [2.05, 4.69) is 25.7 Å². The number of aromatic nitrogens is 1. The van der Waals surface area contributed by atoms with Crippen molar-refractivity contribution in [3.63, 3.8) is 0 Å². The van der Waals surface area contributed by atoms with E-state index >= 15 is 0 Å². The molecule has 1 heterocycles. The lowest BCUT2D eigenvalue weighted by Gasteiger charge is -2.13. The minimum atomic E-state index is -0.681. The van der Waals surface area contributed by atoms with Gasteiger partial charge in [0.15, 0.2) is 6.10 Å². The van der Waals surface area contributed by atoms with Gasteiger partial charge in [0.25, 0.3) is 0 Å². The van der Waals surface area contributed by atoms with Crippen molar-refractivity contribution in [2.24, 2.45) is 0 Å². The van der Waals surface area contributed by atoms with Gasteiger partial charge in [-0.2, -0.15) is 0 Å². The Balaban J connectivity index is 2.04. The molecule has 0 aliphatic rings. The summed E-state index contributed by atoms with van der Waals surface area (Å²) in [5, 5.41) is 0.397. The van der Waals surface area contributed by atoms with Gasteiger partial charge < -0.3 is 14.2 Å². The van der Waals surface area contributed by atoms with Gasteiger partial charge in [0.2, 0.25) is 5.88 Å². The van der Waals surface area contributed by atoms with E-state index in [0.717, 1.165) is 4.47 Å². The second-order valence-electron chi connectivity index (χ2n) is 4.30. The van der Waals surface area contributed by atoms with Gasteiger partial charge in [-0.05, 0) is 53.2 Å². The van der Waals surface area contributed by atoms with Crippen molar-refractivity contribution in [2.75, 3.05) is 7.11 Å². The summed E-state index contributed by atoms with van der Waals surface area (Å²) in [7, 11) is 1.31. The topological polar surface area (TPSA) is 57.7 Å². The zero-order valence-corrected chi connectivity index (χ0v) is 14.2. The van der Waals surface area contributed by atoms with E-state index in [4.69, 9.17) is 21.1 Å². The van der Waals surface area contributed by atoms with E-state index in [9.17, 15) is 4.79 Å². The molecule has 0 spiro atoms. The van der Waals surface area contributed by atoms with Crippen LogP contribution in [-0.2, 0) is 9.53 Å². The molecule has 1 aromatic heterocycles. The number of methoxy groups -OCH3 is 1.